The van der Waals surface area contributed by atoms with Crippen LogP contribution in [0.5, 0.6) is 0 Å². The van der Waals surface area contributed by atoms with E-state index in [9.17, 15) is 24.3 Å². The zero-order chi connectivity index (χ0) is 35.6. The molecule has 2 bridgehead atoms. The van der Waals surface area contributed by atoms with Gasteiger partial charge in [0.25, 0.3) is 0 Å². The fourth-order valence-corrected chi connectivity index (χ4v) is 8.20. The number of amides is 2. The maximum absolute atomic E-state index is 14.7. The SMILES string of the molecule is CN(C)C(=O)C=Cc1ccccc1CN1O[C@@H]2[C@H]3OC(C4CC4)(C4CC4)O[C@H]3[C@@H]3C[C@]2(C(=O)N[C@H](CO)CCC(=O)OC(C)(C)C)[C@@H]1C(=O)O3. The van der Waals surface area contributed by atoms with E-state index < -0.39 is 77.8 Å². The minimum Gasteiger partial charge on any atom is -0.460 e. The van der Waals surface area contributed by atoms with Gasteiger partial charge in [0.15, 0.2) is 11.8 Å². The predicted octanol–water partition coefficient (Wildman–Crippen LogP) is 2.49. The van der Waals surface area contributed by atoms with E-state index in [1.54, 1.807) is 40.9 Å². The van der Waals surface area contributed by atoms with Crippen molar-refractivity contribution in [2.45, 2.75) is 120 Å². The van der Waals surface area contributed by atoms with E-state index >= 15 is 0 Å². The summed E-state index contributed by atoms with van der Waals surface area (Å²) in [6, 6.07) is 5.58. The number of carbonyl (C=O) groups excluding carboxylic acids is 4. The minimum absolute atomic E-state index is 0.0104. The average Bonchev–Trinajstić information content (AvgIpc) is 4.00. The third kappa shape index (κ3) is 6.36. The maximum Gasteiger partial charge on any atom is 0.327 e. The van der Waals surface area contributed by atoms with Gasteiger partial charge in [-0.15, -0.1) is 0 Å². The topological polar surface area (TPSA) is 153 Å². The van der Waals surface area contributed by atoms with Crippen LogP contribution < -0.4 is 5.32 Å². The zero-order valence-electron chi connectivity index (χ0n) is 29.5. The van der Waals surface area contributed by atoms with Gasteiger partial charge >= 0.3 is 11.9 Å². The molecule has 13 nitrogen and oxygen atoms in total. The molecule has 6 fully saturated rings. The normalized spacial score (nSPS) is 32.0. The van der Waals surface area contributed by atoms with Crippen LogP contribution in [0.3, 0.4) is 0 Å². The molecule has 3 aliphatic heterocycles. The minimum atomic E-state index is -1.43. The number of nitrogens with zero attached hydrogens (tertiary/aromatic N) is 2. The van der Waals surface area contributed by atoms with Crippen molar-refractivity contribution < 1.29 is 48.1 Å². The summed E-state index contributed by atoms with van der Waals surface area (Å²) in [5.74, 6) is -1.99. The zero-order valence-corrected chi connectivity index (χ0v) is 29.5. The largest absolute Gasteiger partial charge is 0.460 e. The first-order valence-corrected chi connectivity index (χ1v) is 17.9. The van der Waals surface area contributed by atoms with Gasteiger partial charge in [0.1, 0.15) is 35.4 Å². The first kappa shape index (κ1) is 35.1. The molecule has 0 spiro atoms. The molecule has 7 atom stereocenters. The molecule has 1 aromatic carbocycles. The summed E-state index contributed by atoms with van der Waals surface area (Å²) in [7, 11) is 3.35. The lowest BCUT2D eigenvalue weighted by molar-refractivity contribution is -0.235. The highest BCUT2D eigenvalue weighted by molar-refractivity contribution is 5.94. The average molecular weight is 696 g/mol. The molecule has 7 rings (SSSR count). The van der Waals surface area contributed by atoms with E-state index in [1.165, 1.54) is 16.0 Å². The summed E-state index contributed by atoms with van der Waals surface area (Å²) < 4.78 is 25.3. The number of hydroxylamine groups is 2. The molecule has 1 aromatic rings. The number of esters is 2. The molecule has 13 heteroatoms. The number of aliphatic hydroxyl groups is 1. The molecule has 3 saturated heterocycles. The summed E-state index contributed by atoms with van der Waals surface area (Å²) >= 11 is 0. The fourth-order valence-electron chi connectivity index (χ4n) is 8.20. The van der Waals surface area contributed by atoms with E-state index in [0.717, 1.165) is 36.8 Å². The molecule has 0 aromatic heterocycles. The lowest BCUT2D eigenvalue weighted by atomic mass is 9.62. The summed E-state index contributed by atoms with van der Waals surface area (Å²) in [6.45, 7) is 5.03. The second-order valence-corrected chi connectivity index (χ2v) is 15.9. The molecule has 3 saturated carbocycles. The van der Waals surface area contributed by atoms with Crippen molar-refractivity contribution >= 4 is 29.8 Å². The number of hydrogen-bond acceptors (Lipinski definition) is 11. The molecule has 2 amide bonds. The van der Waals surface area contributed by atoms with Crippen LogP contribution in [0.25, 0.3) is 6.08 Å². The Bertz CT molecular complexity index is 1540. The molecule has 0 radical (unpaired) electrons. The number of benzene rings is 1. The lowest BCUT2D eigenvalue weighted by Crippen LogP contribution is -2.70. The van der Waals surface area contributed by atoms with Crippen molar-refractivity contribution in [2.24, 2.45) is 17.3 Å². The summed E-state index contributed by atoms with van der Waals surface area (Å²) in [5, 5.41) is 14.8. The van der Waals surface area contributed by atoms with E-state index in [1.807, 2.05) is 24.3 Å². The number of hydrogen-bond donors (Lipinski definition) is 2. The second-order valence-electron chi connectivity index (χ2n) is 15.9. The molecular weight excluding hydrogens is 646 g/mol. The molecule has 2 N–H and O–H groups in total. The quantitative estimate of drug-likeness (QED) is 0.245. The Morgan fingerprint density at radius 2 is 1.78 bits per heavy atom. The van der Waals surface area contributed by atoms with Crippen LogP contribution in [-0.4, -0.2) is 107 Å². The molecule has 50 heavy (non-hydrogen) atoms. The van der Waals surface area contributed by atoms with Gasteiger partial charge in [-0.2, -0.15) is 5.06 Å². The highest BCUT2D eigenvalue weighted by atomic mass is 16.8. The van der Waals surface area contributed by atoms with E-state index in [4.69, 9.17) is 23.8 Å². The Morgan fingerprint density at radius 1 is 1.10 bits per heavy atom. The van der Waals surface area contributed by atoms with Crippen molar-refractivity contribution in [3.63, 3.8) is 0 Å². The van der Waals surface area contributed by atoms with E-state index in [2.05, 4.69) is 5.32 Å². The first-order valence-electron chi connectivity index (χ1n) is 17.9. The van der Waals surface area contributed by atoms with Crippen molar-refractivity contribution in [1.29, 1.82) is 0 Å². The summed E-state index contributed by atoms with van der Waals surface area (Å²) in [6.07, 6.45) is 4.55. The maximum atomic E-state index is 14.7. The van der Waals surface area contributed by atoms with Gasteiger partial charge in [0, 0.05) is 44.8 Å². The molecular formula is C37H49N3O10. The Kier molecular flexibility index (Phi) is 9.12. The summed E-state index contributed by atoms with van der Waals surface area (Å²) in [5.41, 5.74) is -0.571. The van der Waals surface area contributed by atoms with Crippen molar-refractivity contribution in [1.82, 2.24) is 15.3 Å². The Hall–Kier alpha value is -3.36. The number of ether oxygens (including phenoxy) is 4. The molecule has 272 valence electrons. The van der Waals surface area contributed by atoms with Gasteiger partial charge < -0.3 is 34.3 Å². The highest BCUT2D eigenvalue weighted by Gasteiger charge is 2.78. The van der Waals surface area contributed by atoms with Crippen LogP contribution in [0.4, 0.5) is 0 Å². The number of aliphatic hydroxyl groups excluding tert-OH is 1. The third-order valence-corrected chi connectivity index (χ3v) is 10.8. The van der Waals surface area contributed by atoms with Gasteiger partial charge in [0.05, 0.1) is 19.2 Å². The number of rotatable bonds is 12. The first-order chi connectivity index (χ1) is 23.8. The van der Waals surface area contributed by atoms with Gasteiger partial charge in [0.2, 0.25) is 11.8 Å². The van der Waals surface area contributed by atoms with Crippen molar-refractivity contribution in [3.05, 3.63) is 41.5 Å². The van der Waals surface area contributed by atoms with Gasteiger partial charge in [-0.1, -0.05) is 24.3 Å². The van der Waals surface area contributed by atoms with Gasteiger partial charge in [-0.25, -0.2) is 0 Å². The predicted molar refractivity (Wildman–Crippen MR) is 177 cm³/mol. The highest BCUT2D eigenvalue weighted by Crippen LogP contribution is 2.63. The monoisotopic (exact) mass is 695 g/mol. The van der Waals surface area contributed by atoms with E-state index in [0.29, 0.717) is 0 Å². The van der Waals surface area contributed by atoms with Gasteiger partial charge in [-0.05, 0) is 70.1 Å². The second kappa shape index (κ2) is 13.0. The van der Waals surface area contributed by atoms with Crippen LogP contribution in [0, 0.1) is 17.3 Å². The van der Waals surface area contributed by atoms with Crippen LogP contribution in [0.15, 0.2) is 30.3 Å². The Morgan fingerprint density at radius 3 is 2.42 bits per heavy atom. The molecule has 3 heterocycles. The van der Waals surface area contributed by atoms with Crippen molar-refractivity contribution in [2.75, 3.05) is 20.7 Å². The molecule has 6 aliphatic rings. The Balaban J connectivity index is 1.20. The number of likely N-dealkylation sites (N-methyl/N-ethyl adjacent to an activating group) is 1. The van der Waals surface area contributed by atoms with Crippen LogP contribution >= 0.6 is 0 Å². The number of fused-ring (bicyclic) bond motifs is 4. The van der Waals surface area contributed by atoms with Crippen molar-refractivity contribution in [3.8, 4) is 0 Å². The van der Waals surface area contributed by atoms with Crippen LogP contribution in [0.1, 0.15) is 76.8 Å². The number of carbonyl (C=O) groups is 4. The standard InChI is InChI=1S/C37H49N3O10/c1-35(2,3)47-28(43)17-15-25(20-41)38-34(45)36-18-26-29-30(49-37(48-29,23-11-12-23)24-13-14-24)32(36)50-40(31(36)33(44)46-26)19-22-9-7-6-8-21(22)10-16-27(42)39(4)5/h6-10,16,23-26,29-32,41H,11-15,17-20H2,1-5H3,(H,38,45)/t25-,26-,29-,30-,31-,32+,36-/m0/s1. The van der Waals surface area contributed by atoms with E-state index in [-0.39, 0.29) is 43.6 Å². The van der Waals surface area contributed by atoms with Crippen LogP contribution in [-0.2, 0) is 49.5 Å². The van der Waals surface area contributed by atoms with Crippen LogP contribution in [0.2, 0.25) is 0 Å². The molecule has 0 unspecified atom stereocenters. The molecule has 3 aliphatic carbocycles. The number of nitrogens with one attached hydrogen (secondary N) is 1. The fraction of sp³-hybridized carbons (Fsp3) is 0.676. The smallest absolute Gasteiger partial charge is 0.327 e. The van der Waals surface area contributed by atoms with Gasteiger partial charge in [-0.3, -0.25) is 24.0 Å². The third-order valence-electron chi connectivity index (χ3n) is 10.8. The summed E-state index contributed by atoms with van der Waals surface area (Å²) in [4.78, 5) is 61.9. The Labute approximate surface area is 292 Å². The lowest BCUT2D eigenvalue weighted by Gasteiger charge is -2.49.